The summed E-state index contributed by atoms with van der Waals surface area (Å²) in [4.78, 5) is 8.00. The van der Waals surface area contributed by atoms with E-state index in [0.29, 0.717) is 0 Å². The zero-order valence-corrected chi connectivity index (χ0v) is 2.02. The van der Waals surface area contributed by atoms with E-state index in [9.17, 15) is 0 Å². The Hall–Kier alpha value is -0.590. The summed E-state index contributed by atoms with van der Waals surface area (Å²) in [6.07, 6.45) is 0. The van der Waals surface area contributed by atoms with Crippen LogP contribution in [0.4, 0.5) is 0 Å². The van der Waals surface area contributed by atoms with Crippen LogP contribution in [0.3, 0.4) is 0 Å². The predicted octanol–water partition coefficient (Wildman–Crippen LogP) is 0.414. The van der Waals surface area contributed by atoms with Gasteiger partial charge in [-0.3, -0.25) is 0 Å². The predicted molar refractivity (Wildman–Crippen MR) is 17.8 cm³/mol. The van der Waals surface area contributed by atoms with Gasteiger partial charge in [0.25, 0.3) is 0 Å². The topological polar surface area (TPSA) is 37.0 Å². The summed E-state index contributed by atoms with van der Waals surface area (Å²) in [7, 11) is 0. The number of hydrogen-bond donors (Lipinski definition) is 0. The fourth-order valence-corrected chi connectivity index (χ4v) is 0. The molecule has 0 unspecified atom stereocenters. The third kappa shape index (κ3) is 19.5. The average molecular weight is 74.1 g/mol. The Morgan fingerprint density at radius 2 is 1.40 bits per heavy atom. The second-order valence-electron chi connectivity index (χ2n) is 0. The van der Waals surface area contributed by atoms with Crippen LogP contribution in [-0.4, -0.2) is 6.79 Å². The van der Waals surface area contributed by atoms with Crippen LogP contribution in [0.5, 0.6) is 0 Å². The summed E-state index contributed by atoms with van der Waals surface area (Å²) in [5.41, 5.74) is 0. The first-order valence-corrected chi connectivity index (χ1v) is 0.493. The van der Waals surface area contributed by atoms with Gasteiger partial charge < -0.3 is 4.79 Å². The SMILES string of the molecule is C.C=O.[C-]#[O+]. The first-order valence-electron chi connectivity index (χ1n) is 0.493. The molecule has 0 fully saturated rings. The van der Waals surface area contributed by atoms with Crippen molar-refractivity contribution in [1.29, 1.82) is 0 Å². The maximum absolute atomic E-state index is 8.00. The van der Waals surface area contributed by atoms with E-state index in [1.54, 1.807) is 0 Å². The maximum atomic E-state index is 8.00. The molecule has 0 aromatic rings. The Morgan fingerprint density at radius 3 is 1.40 bits per heavy atom. The van der Waals surface area contributed by atoms with Crippen LogP contribution in [0, 0.1) is 6.65 Å². The van der Waals surface area contributed by atoms with Crippen molar-refractivity contribution in [2.24, 2.45) is 0 Å². The van der Waals surface area contributed by atoms with Crippen LogP contribution in [0.2, 0.25) is 0 Å². The first kappa shape index (κ1) is 25.8. The van der Waals surface area contributed by atoms with Crippen molar-refractivity contribution in [3.8, 4) is 0 Å². The molecule has 0 amide bonds. The summed E-state index contributed by atoms with van der Waals surface area (Å²) >= 11 is 0. The molecule has 2 nitrogen and oxygen atoms in total. The molecule has 0 aliphatic rings. The van der Waals surface area contributed by atoms with Gasteiger partial charge in [0.2, 0.25) is 0 Å². The van der Waals surface area contributed by atoms with Crippen LogP contribution in [0.1, 0.15) is 7.43 Å². The van der Waals surface area contributed by atoms with E-state index in [1.165, 1.54) is 0 Å². The van der Waals surface area contributed by atoms with Gasteiger partial charge in [-0.15, -0.1) is 0 Å². The molecular weight excluding hydrogens is 68.0 g/mol. The average Bonchev–Trinajstić information content (AvgIpc) is 1.50. The molecule has 0 saturated heterocycles. The Morgan fingerprint density at radius 1 is 1.40 bits per heavy atom. The monoisotopic (exact) mass is 74.0 g/mol. The van der Waals surface area contributed by atoms with Gasteiger partial charge in [0.1, 0.15) is 6.79 Å². The Kier molecular flexibility index (Phi) is 294. The van der Waals surface area contributed by atoms with Gasteiger partial charge in [-0.05, 0) is 0 Å². The van der Waals surface area contributed by atoms with Crippen molar-refractivity contribution < 1.29 is 9.45 Å². The van der Waals surface area contributed by atoms with Gasteiger partial charge in [-0.2, -0.15) is 0 Å². The minimum atomic E-state index is 0. The molecule has 5 heavy (non-hydrogen) atoms. The van der Waals surface area contributed by atoms with Crippen molar-refractivity contribution >= 4 is 6.79 Å². The first-order chi connectivity index (χ1) is 2.00. The molecule has 0 bridgehead atoms. The third-order valence-electron chi connectivity index (χ3n) is 0. The zero-order chi connectivity index (χ0) is 4.00. The number of carbonyl (C=O) groups excluding carboxylic acids is 1. The van der Waals surface area contributed by atoms with Gasteiger partial charge in [-0.1, -0.05) is 7.43 Å². The van der Waals surface area contributed by atoms with Crippen LogP contribution >= 0.6 is 0 Å². The molecule has 0 aliphatic heterocycles. The van der Waals surface area contributed by atoms with Gasteiger partial charge in [0.15, 0.2) is 0 Å². The molecular formula is C3H6O2. The molecule has 0 spiro atoms. The van der Waals surface area contributed by atoms with Crippen molar-refractivity contribution in [2.75, 3.05) is 0 Å². The summed E-state index contributed by atoms with van der Waals surface area (Å²) in [5.74, 6) is 0. The fraction of sp³-hybridized carbons (Fsp3) is 0.333. The van der Waals surface area contributed by atoms with Crippen molar-refractivity contribution in [1.82, 2.24) is 0 Å². The van der Waals surface area contributed by atoms with Crippen LogP contribution in [0.25, 0.3) is 0 Å². The number of carbonyl (C=O) groups is 1. The van der Waals surface area contributed by atoms with Gasteiger partial charge in [0.05, 0.1) is 0 Å². The molecule has 0 N–H and O–H groups in total. The molecule has 0 atom stereocenters. The van der Waals surface area contributed by atoms with Crippen molar-refractivity contribution in [3.63, 3.8) is 0 Å². The van der Waals surface area contributed by atoms with Crippen LogP contribution in [0.15, 0.2) is 0 Å². The van der Waals surface area contributed by atoms with Crippen molar-refractivity contribution in [2.45, 2.75) is 7.43 Å². The summed E-state index contributed by atoms with van der Waals surface area (Å²) in [6, 6.07) is 0. The zero-order valence-electron chi connectivity index (χ0n) is 2.02. The second-order valence-corrected chi connectivity index (χ2v) is 0. The van der Waals surface area contributed by atoms with E-state index < -0.39 is 0 Å². The van der Waals surface area contributed by atoms with Crippen LogP contribution < -0.4 is 0 Å². The quantitative estimate of drug-likeness (QED) is 0.303. The van der Waals surface area contributed by atoms with E-state index in [4.69, 9.17) is 9.45 Å². The van der Waals surface area contributed by atoms with E-state index in [2.05, 4.69) is 6.65 Å². The third-order valence-corrected chi connectivity index (χ3v) is 0. The number of hydrogen-bond acceptors (Lipinski definition) is 1. The second kappa shape index (κ2) is 56.9. The molecule has 0 saturated carbocycles. The Bertz CT molecular complexity index is 16.1. The molecule has 0 aromatic heterocycles. The summed E-state index contributed by atoms with van der Waals surface area (Å²) in [5, 5.41) is 0. The van der Waals surface area contributed by atoms with Gasteiger partial charge in [-0.25, -0.2) is 0 Å². The fourth-order valence-electron chi connectivity index (χ4n) is 0. The van der Waals surface area contributed by atoms with E-state index >= 15 is 0 Å². The summed E-state index contributed by atoms with van der Waals surface area (Å²) in [6.45, 7) is 6.50. The minimum absolute atomic E-state index is 0. The molecule has 0 aromatic carbocycles. The Balaban J connectivity index is -0.0000000133. The Labute approximate surface area is 31.5 Å². The van der Waals surface area contributed by atoms with Gasteiger partial charge >= 0.3 is 11.3 Å². The molecule has 0 aliphatic carbocycles. The van der Waals surface area contributed by atoms with Crippen LogP contribution in [-0.2, 0) is 9.45 Å². The molecule has 0 rings (SSSR count). The van der Waals surface area contributed by atoms with Crippen molar-refractivity contribution in [3.05, 3.63) is 6.65 Å². The van der Waals surface area contributed by atoms with E-state index in [0.717, 1.165) is 0 Å². The standard InChI is InChI=1S/CH2O.CO.CH4/c2*1-2;/h1H2;;1H4. The summed E-state index contributed by atoms with van der Waals surface area (Å²) < 4.78 is 7.50. The molecule has 2 heteroatoms. The van der Waals surface area contributed by atoms with Gasteiger partial charge in [0, 0.05) is 0 Å². The molecule has 0 radical (unpaired) electrons. The van der Waals surface area contributed by atoms with E-state index in [1.807, 2.05) is 6.79 Å². The molecule has 0 heterocycles. The molecule has 30 valence electrons. The van der Waals surface area contributed by atoms with E-state index in [-0.39, 0.29) is 7.43 Å². The number of rotatable bonds is 0. The normalized spacial score (nSPS) is 1.20.